The summed E-state index contributed by atoms with van der Waals surface area (Å²) in [6.45, 7) is 7.86. The zero-order valence-corrected chi connectivity index (χ0v) is 14.0. The maximum atomic E-state index is 11.7. The van der Waals surface area contributed by atoms with Gasteiger partial charge in [-0.05, 0) is 27.2 Å². The lowest BCUT2D eigenvalue weighted by Gasteiger charge is -2.22. The van der Waals surface area contributed by atoms with Crippen LogP contribution in [0.1, 0.15) is 91.9 Å². The molecule has 3 nitrogen and oxygen atoms in total. The second kappa shape index (κ2) is 11.1. The number of nitrogens with two attached hydrogens (primary N) is 1. The molecule has 0 aromatic rings. The first-order valence-corrected chi connectivity index (χ1v) is 8.35. The highest BCUT2D eigenvalue weighted by molar-refractivity contribution is 5.75. The van der Waals surface area contributed by atoms with Crippen LogP contribution in [0.3, 0.4) is 0 Å². The van der Waals surface area contributed by atoms with Crippen molar-refractivity contribution in [1.82, 2.24) is 0 Å². The van der Waals surface area contributed by atoms with E-state index in [0.29, 0.717) is 0 Å². The number of carbonyl (C=O) groups is 1. The van der Waals surface area contributed by atoms with Crippen LogP contribution in [-0.4, -0.2) is 17.6 Å². The first-order valence-electron chi connectivity index (χ1n) is 8.35. The van der Waals surface area contributed by atoms with Gasteiger partial charge in [-0.1, -0.05) is 64.7 Å². The molecule has 0 aromatic carbocycles. The van der Waals surface area contributed by atoms with E-state index in [4.69, 9.17) is 10.5 Å². The molecule has 0 spiro atoms. The van der Waals surface area contributed by atoms with E-state index in [-0.39, 0.29) is 5.97 Å². The van der Waals surface area contributed by atoms with Gasteiger partial charge in [-0.25, -0.2) is 0 Å². The van der Waals surface area contributed by atoms with E-state index in [2.05, 4.69) is 6.92 Å². The minimum absolute atomic E-state index is 0.267. The van der Waals surface area contributed by atoms with Crippen LogP contribution in [0.4, 0.5) is 0 Å². The van der Waals surface area contributed by atoms with Gasteiger partial charge in [-0.3, -0.25) is 4.79 Å². The lowest BCUT2D eigenvalue weighted by atomic mass is 10.0. The van der Waals surface area contributed by atoms with Gasteiger partial charge in [0.05, 0.1) is 0 Å². The molecule has 0 aliphatic carbocycles. The molecule has 1 unspecified atom stereocenters. The Bertz CT molecular complexity index is 246. The Morgan fingerprint density at radius 1 is 0.950 bits per heavy atom. The number of ether oxygens (including phenoxy) is 1. The molecule has 0 radical (unpaired) electrons. The van der Waals surface area contributed by atoms with Crippen molar-refractivity contribution in [2.45, 2.75) is 104 Å². The van der Waals surface area contributed by atoms with Crippen molar-refractivity contribution < 1.29 is 9.53 Å². The molecule has 0 saturated carbocycles. The lowest BCUT2D eigenvalue weighted by Crippen LogP contribution is -2.37. The van der Waals surface area contributed by atoms with Crippen molar-refractivity contribution in [2.24, 2.45) is 5.73 Å². The van der Waals surface area contributed by atoms with Gasteiger partial charge in [-0.15, -0.1) is 0 Å². The lowest BCUT2D eigenvalue weighted by molar-refractivity contribution is -0.156. The summed E-state index contributed by atoms with van der Waals surface area (Å²) in [6, 6.07) is -0.459. The largest absolute Gasteiger partial charge is 0.459 e. The highest BCUT2D eigenvalue weighted by Gasteiger charge is 2.21. The number of unbranched alkanes of at least 4 members (excludes halogenated alkanes) is 8. The van der Waals surface area contributed by atoms with Crippen molar-refractivity contribution in [2.75, 3.05) is 0 Å². The smallest absolute Gasteiger partial charge is 0.323 e. The fourth-order valence-electron chi connectivity index (χ4n) is 2.17. The summed E-state index contributed by atoms with van der Waals surface area (Å²) in [4.78, 5) is 11.7. The summed E-state index contributed by atoms with van der Waals surface area (Å²) in [5.41, 5.74) is 5.41. The second-order valence-corrected chi connectivity index (χ2v) is 6.76. The number of hydrogen-bond donors (Lipinski definition) is 1. The highest BCUT2D eigenvalue weighted by Crippen LogP contribution is 2.13. The normalized spacial score (nSPS) is 13.2. The van der Waals surface area contributed by atoms with Gasteiger partial charge in [0, 0.05) is 0 Å². The number of rotatable bonds is 11. The van der Waals surface area contributed by atoms with Crippen LogP contribution in [0, 0.1) is 0 Å². The Hall–Kier alpha value is -0.570. The van der Waals surface area contributed by atoms with E-state index in [1.165, 1.54) is 51.4 Å². The Labute approximate surface area is 125 Å². The molecule has 0 aliphatic rings. The van der Waals surface area contributed by atoms with E-state index in [9.17, 15) is 4.79 Å². The van der Waals surface area contributed by atoms with Crippen molar-refractivity contribution in [1.29, 1.82) is 0 Å². The van der Waals surface area contributed by atoms with Gasteiger partial charge in [0.25, 0.3) is 0 Å². The van der Waals surface area contributed by atoms with E-state index in [0.717, 1.165) is 12.8 Å². The average molecular weight is 285 g/mol. The van der Waals surface area contributed by atoms with Crippen LogP contribution in [0.2, 0.25) is 0 Å². The Morgan fingerprint density at radius 3 is 1.85 bits per heavy atom. The molecule has 0 aliphatic heterocycles. The number of carbonyl (C=O) groups excluding carboxylic acids is 1. The summed E-state index contributed by atoms with van der Waals surface area (Å²) in [5, 5.41) is 0. The molecule has 2 N–H and O–H groups in total. The quantitative estimate of drug-likeness (QED) is 0.446. The maximum absolute atomic E-state index is 11.7. The van der Waals surface area contributed by atoms with Crippen molar-refractivity contribution in [3.05, 3.63) is 0 Å². The van der Waals surface area contributed by atoms with Gasteiger partial charge >= 0.3 is 5.97 Å². The second-order valence-electron chi connectivity index (χ2n) is 6.76. The van der Waals surface area contributed by atoms with Crippen LogP contribution < -0.4 is 5.73 Å². The molecule has 1 atom stereocenters. The molecule has 0 amide bonds. The Kier molecular flexibility index (Phi) is 10.8. The predicted molar refractivity (Wildman–Crippen MR) is 85.7 cm³/mol. The molecule has 0 bridgehead atoms. The molecule has 0 rings (SSSR count). The summed E-state index contributed by atoms with van der Waals surface area (Å²) < 4.78 is 5.27. The van der Waals surface area contributed by atoms with Gasteiger partial charge in [0.2, 0.25) is 0 Å². The first kappa shape index (κ1) is 19.4. The van der Waals surface area contributed by atoms with Crippen molar-refractivity contribution >= 4 is 5.97 Å². The highest BCUT2D eigenvalue weighted by atomic mass is 16.6. The summed E-state index contributed by atoms with van der Waals surface area (Å²) in [7, 11) is 0. The molecule has 0 saturated heterocycles. The molecular formula is C17H35NO2. The molecule has 0 aromatic heterocycles. The fourth-order valence-corrected chi connectivity index (χ4v) is 2.17. The van der Waals surface area contributed by atoms with E-state index in [1.54, 1.807) is 0 Å². The van der Waals surface area contributed by atoms with Gasteiger partial charge < -0.3 is 10.5 Å². The minimum Gasteiger partial charge on any atom is -0.459 e. The zero-order chi connectivity index (χ0) is 15.4. The van der Waals surface area contributed by atoms with Crippen molar-refractivity contribution in [3.8, 4) is 0 Å². The van der Waals surface area contributed by atoms with Gasteiger partial charge in [-0.2, -0.15) is 0 Å². The van der Waals surface area contributed by atoms with Crippen LogP contribution >= 0.6 is 0 Å². The van der Waals surface area contributed by atoms with E-state index < -0.39 is 11.6 Å². The summed E-state index contributed by atoms with van der Waals surface area (Å²) in [5.74, 6) is -0.267. The molecule has 0 fully saturated rings. The Morgan fingerprint density at radius 2 is 1.40 bits per heavy atom. The monoisotopic (exact) mass is 285 g/mol. The van der Waals surface area contributed by atoms with Crippen LogP contribution in [0.15, 0.2) is 0 Å². The van der Waals surface area contributed by atoms with Gasteiger partial charge in [0.15, 0.2) is 0 Å². The minimum atomic E-state index is -0.459. The zero-order valence-electron chi connectivity index (χ0n) is 14.0. The van der Waals surface area contributed by atoms with Gasteiger partial charge in [0.1, 0.15) is 11.6 Å². The fraction of sp³-hybridized carbons (Fsp3) is 0.941. The van der Waals surface area contributed by atoms with Crippen LogP contribution in [-0.2, 0) is 9.53 Å². The number of hydrogen-bond acceptors (Lipinski definition) is 3. The van der Waals surface area contributed by atoms with Crippen LogP contribution in [0.5, 0.6) is 0 Å². The molecule has 120 valence electrons. The average Bonchev–Trinajstić information content (AvgIpc) is 2.34. The van der Waals surface area contributed by atoms with E-state index >= 15 is 0 Å². The molecular weight excluding hydrogens is 250 g/mol. The van der Waals surface area contributed by atoms with E-state index in [1.807, 2.05) is 20.8 Å². The molecule has 0 heterocycles. The SMILES string of the molecule is CCCCCCCCCCCC(N)C(=O)OC(C)(C)C. The molecule has 20 heavy (non-hydrogen) atoms. The topological polar surface area (TPSA) is 52.3 Å². The predicted octanol–water partition coefficient (Wildman–Crippen LogP) is 4.58. The third-order valence-electron chi connectivity index (χ3n) is 3.33. The van der Waals surface area contributed by atoms with Crippen molar-refractivity contribution in [3.63, 3.8) is 0 Å². The molecule has 3 heteroatoms. The first-order chi connectivity index (χ1) is 9.37. The third kappa shape index (κ3) is 12.5. The third-order valence-corrected chi connectivity index (χ3v) is 3.33. The maximum Gasteiger partial charge on any atom is 0.323 e. The summed E-state index contributed by atoms with van der Waals surface area (Å²) >= 11 is 0. The van der Waals surface area contributed by atoms with Crippen LogP contribution in [0.25, 0.3) is 0 Å². The standard InChI is InChI=1S/C17H35NO2/c1-5-6-7-8-9-10-11-12-13-14-15(18)16(19)20-17(2,3)4/h15H,5-14,18H2,1-4H3. The summed E-state index contributed by atoms with van der Waals surface area (Å²) in [6.07, 6.45) is 12.3. The Balaban J connectivity index is 3.44. The number of esters is 1.